The van der Waals surface area contributed by atoms with Gasteiger partial charge in [0.15, 0.2) is 0 Å². The topological polar surface area (TPSA) is 73.2 Å². The van der Waals surface area contributed by atoms with Gasteiger partial charge in [0, 0.05) is 31.4 Å². The van der Waals surface area contributed by atoms with Gasteiger partial charge in [-0.05, 0) is 6.92 Å². The number of hydrogen-bond acceptors (Lipinski definition) is 4. The highest BCUT2D eigenvalue weighted by molar-refractivity contribution is 5.94. The lowest BCUT2D eigenvalue weighted by Crippen LogP contribution is -2.29. The molecule has 1 heterocycles. The summed E-state index contributed by atoms with van der Waals surface area (Å²) in [4.78, 5) is 26.8. The Morgan fingerprint density at radius 3 is 2.84 bits per heavy atom. The Balaban J connectivity index is 2.32. The fourth-order valence-corrected chi connectivity index (χ4v) is 1.73. The summed E-state index contributed by atoms with van der Waals surface area (Å²) >= 11 is 0. The molecule has 0 aliphatic heterocycles. The third-order valence-electron chi connectivity index (χ3n) is 2.55. The fourth-order valence-electron chi connectivity index (χ4n) is 1.73. The van der Waals surface area contributed by atoms with Crippen molar-refractivity contribution in [2.24, 2.45) is 0 Å². The molecule has 0 saturated heterocycles. The van der Waals surface area contributed by atoms with Gasteiger partial charge in [-0.15, -0.1) is 0 Å². The number of nitrogens with one attached hydrogen (secondary N) is 1. The first-order valence-corrected chi connectivity index (χ1v) is 6.48. The number of amides is 1. The smallest absolute Gasteiger partial charge is 0.315 e. The van der Waals surface area contributed by atoms with E-state index in [-0.39, 0.29) is 12.3 Å². The Morgan fingerprint density at radius 1 is 1.47 bits per heavy atom. The Labute approximate surface area is 113 Å². The molecule has 0 bridgehead atoms. The molecule has 1 aromatic heterocycles. The first-order chi connectivity index (χ1) is 9.04. The van der Waals surface area contributed by atoms with E-state index in [2.05, 4.69) is 24.1 Å². The summed E-state index contributed by atoms with van der Waals surface area (Å²) in [6.07, 6.45) is 3.40. The van der Waals surface area contributed by atoms with Crippen molar-refractivity contribution in [3.63, 3.8) is 0 Å². The van der Waals surface area contributed by atoms with Crippen molar-refractivity contribution in [2.75, 3.05) is 13.2 Å². The van der Waals surface area contributed by atoms with Crippen LogP contribution in [0.2, 0.25) is 0 Å². The van der Waals surface area contributed by atoms with E-state index in [0.29, 0.717) is 25.6 Å². The van der Waals surface area contributed by atoms with Crippen molar-refractivity contribution < 1.29 is 14.3 Å². The summed E-state index contributed by atoms with van der Waals surface area (Å²) in [6.45, 7) is 7.24. The van der Waals surface area contributed by atoms with Crippen LogP contribution < -0.4 is 5.32 Å². The van der Waals surface area contributed by atoms with Crippen molar-refractivity contribution >= 4 is 11.9 Å². The van der Waals surface area contributed by atoms with Gasteiger partial charge in [-0.25, -0.2) is 4.98 Å². The summed E-state index contributed by atoms with van der Waals surface area (Å²) in [7, 11) is 0. The van der Waals surface area contributed by atoms with E-state index < -0.39 is 5.97 Å². The molecule has 1 N–H and O–H groups in total. The molecular formula is C13H21N3O3. The molecule has 6 heteroatoms. The van der Waals surface area contributed by atoms with Crippen molar-refractivity contribution in [1.82, 2.24) is 14.9 Å². The highest BCUT2D eigenvalue weighted by Crippen LogP contribution is 2.10. The second kappa shape index (κ2) is 7.56. The summed E-state index contributed by atoms with van der Waals surface area (Å²) < 4.78 is 6.70. The summed E-state index contributed by atoms with van der Waals surface area (Å²) in [5, 5.41) is 2.69. The van der Waals surface area contributed by atoms with Crippen LogP contribution in [0.15, 0.2) is 12.4 Å². The minimum atomic E-state index is -0.495. The number of aromatic nitrogens is 2. The number of imidazole rings is 1. The molecule has 0 fully saturated rings. The standard InChI is InChI=1S/C13H21N3O3/c1-4-19-12(18)9-11(17)14-5-7-16-8-6-15-13(16)10(2)3/h6,8,10H,4-5,7,9H2,1-3H3,(H,14,17). The van der Waals surface area contributed by atoms with Gasteiger partial charge in [0.05, 0.1) is 6.61 Å². The predicted octanol–water partition coefficient (Wildman–Crippen LogP) is 1.08. The number of carbonyl (C=O) groups excluding carboxylic acids is 2. The molecule has 0 spiro atoms. The van der Waals surface area contributed by atoms with Crippen LogP contribution in [-0.2, 0) is 20.9 Å². The Morgan fingerprint density at radius 2 is 2.21 bits per heavy atom. The fraction of sp³-hybridized carbons (Fsp3) is 0.615. The molecule has 1 amide bonds. The average molecular weight is 267 g/mol. The van der Waals surface area contributed by atoms with E-state index in [1.54, 1.807) is 13.1 Å². The van der Waals surface area contributed by atoms with Crippen molar-refractivity contribution in [3.05, 3.63) is 18.2 Å². The van der Waals surface area contributed by atoms with Gasteiger partial charge in [-0.2, -0.15) is 0 Å². The minimum absolute atomic E-state index is 0.227. The zero-order valence-corrected chi connectivity index (χ0v) is 11.7. The van der Waals surface area contributed by atoms with Gasteiger partial charge >= 0.3 is 5.97 Å². The monoisotopic (exact) mass is 267 g/mol. The van der Waals surface area contributed by atoms with Crippen molar-refractivity contribution in [3.8, 4) is 0 Å². The lowest BCUT2D eigenvalue weighted by atomic mass is 10.2. The number of esters is 1. The lowest BCUT2D eigenvalue weighted by Gasteiger charge is -2.10. The third kappa shape index (κ3) is 5.11. The van der Waals surface area contributed by atoms with E-state index in [9.17, 15) is 9.59 Å². The summed E-state index contributed by atoms with van der Waals surface area (Å²) in [6, 6.07) is 0. The highest BCUT2D eigenvalue weighted by atomic mass is 16.5. The van der Waals surface area contributed by atoms with E-state index in [1.807, 2.05) is 10.8 Å². The van der Waals surface area contributed by atoms with E-state index >= 15 is 0 Å². The molecule has 0 aliphatic rings. The molecule has 6 nitrogen and oxygen atoms in total. The van der Waals surface area contributed by atoms with Crippen LogP contribution in [0, 0.1) is 0 Å². The SMILES string of the molecule is CCOC(=O)CC(=O)NCCn1ccnc1C(C)C. The minimum Gasteiger partial charge on any atom is -0.466 e. The molecule has 0 atom stereocenters. The van der Waals surface area contributed by atoms with Crippen LogP contribution in [0.5, 0.6) is 0 Å². The maximum atomic E-state index is 11.4. The maximum absolute atomic E-state index is 11.4. The van der Waals surface area contributed by atoms with Crippen molar-refractivity contribution in [2.45, 2.75) is 39.7 Å². The van der Waals surface area contributed by atoms with Crippen molar-refractivity contribution in [1.29, 1.82) is 0 Å². The second-order valence-corrected chi connectivity index (χ2v) is 4.47. The molecule has 0 radical (unpaired) electrons. The van der Waals surface area contributed by atoms with Crippen LogP contribution >= 0.6 is 0 Å². The molecule has 1 aromatic rings. The van der Waals surface area contributed by atoms with E-state index in [1.165, 1.54) is 0 Å². The summed E-state index contributed by atoms with van der Waals surface area (Å²) in [5.74, 6) is 0.514. The Kier molecular flexibility index (Phi) is 6.05. The quantitative estimate of drug-likeness (QED) is 0.592. The van der Waals surface area contributed by atoms with Gasteiger partial charge in [0.25, 0.3) is 0 Å². The van der Waals surface area contributed by atoms with Crippen LogP contribution in [0.25, 0.3) is 0 Å². The van der Waals surface area contributed by atoms with Crippen LogP contribution in [0.4, 0.5) is 0 Å². The third-order valence-corrected chi connectivity index (χ3v) is 2.55. The van der Waals surface area contributed by atoms with E-state index in [0.717, 1.165) is 5.82 Å². The van der Waals surface area contributed by atoms with Gasteiger partial charge < -0.3 is 14.6 Å². The number of hydrogen-bond donors (Lipinski definition) is 1. The number of ether oxygens (including phenoxy) is 1. The molecule has 0 unspecified atom stereocenters. The Bertz CT molecular complexity index is 427. The number of carbonyl (C=O) groups is 2. The molecule has 1 rings (SSSR count). The predicted molar refractivity (Wildman–Crippen MR) is 70.6 cm³/mol. The zero-order valence-electron chi connectivity index (χ0n) is 11.7. The molecule has 0 aliphatic carbocycles. The van der Waals surface area contributed by atoms with Crippen LogP contribution in [0.3, 0.4) is 0 Å². The second-order valence-electron chi connectivity index (χ2n) is 4.47. The largest absolute Gasteiger partial charge is 0.466 e. The summed E-state index contributed by atoms with van der Waals surface area (Å²) in [5.41, 5.74) is 0. The molecule has 0 saturated carbocycles. The highest BCUT2D eigenvalue weighted by Gasteiger charge is 2.10. The number of rotatable bonds is 7. The van der Waals surface area contributed by atoms with E-state index in [4.69, 9.17) is 4.74 Å². The lowest BCUT2D eigenvalue weighted by molar-refractivity contribution is -0.145. The van der Waals surface area contributed by atoms with Gasteiger partial charge in [-0.3, -0.25) is 9.59 Å². The number of nitrogens with zero attached hydrogens (tertiary/aromatic N) is 2. The van der Waals surface area contributed by atoms with Crippen LogP contribution in [0.1, 0.15) is 38.9 Å². The maximum Gasteiger partial charge on any atom is 0.315 e. The molecule has 106 valence electrons. The molecule has 19 heavy (non-hydrogen) atoms. The molecular weight excluding hydrogens is 246 g/mol. The van der Waals surface area contributed by atoms with Crippen LogP contribution in [-0.4, -0.2) is 34.6 Å². The first kappa shape index (κ1) is 15.2. The van der Waals surface area contributed by atoms with Gasteiger partial charge in [-0.1, -0.05) is 13.8 Å². The van der Waals surface area contributed by atoms with Gasteiger partial charge in [0.2, 0.25) is 5.91 Å². The normalized spacial score (nSPS) is 10.5. The average Bonchev–Trinajstić information content (AvgIpc) is 2.77. The zero-order chi connectivity index (χ0) is 14.3. The molecule has 0 aromatic carbocycles. The Hall–Kier alpha value is -1.85. The van der Waals surface area contributed by atoms with Gasteiger partial charge in [0.1, 0.15) is 12.2 Å². The first-order valence-electron chi connectivity index (χ1n) is 6.48.